The van der Waals surface area contributed by atoms with Gasteiger partial charge in [-0.15, -0.1) is 0 Å². The van der Waals surface area contributed by atoms with Gasteiger partial charge in [-0.05, 0) is 6.92 Å². The first-order valence-electron chi connectivity index (χ1n) is 7.85. The molecule has 0 aromatic carbocycles. The third kappa shape index (κ3) is 3.87. The van der Waals surface area contributed by atoms with E-state index in [-0.39, 0.29) is 31.8 Å². The number of likely N-dealkylation sites (tertiary alicyclic amines) is 1. The SMILES string of the molecule is Cc1oncc1CN1CCOC(C(=O)N2CCC(F)(F)CC2)C1. The van der Waals surface area contributed by atoms with Crippen LogP contribution in [0.25, 0.3) is 0 Å². The molecule has 1 amide bonds. The van der Waals surface area contributed by atoms with Crippen molar-refractivity contribution in [1.29, 1.82) is 0 Å². The van der Waals surface area contributed by atoms with Gasteiger partial charge in [-0.25, -0.2) is 8.78 Å². The van der Waals surface area contributed by atoms with Crippen LogP contribution in [-0.4, -0.2) is 65.7 Å². The normalized spacial score (nSPS) is 25.5. The zero-order valence-electron chi connectivity index (χ0n) is 13.1. The Labute approximate surface area is 133 Å². The van der Waals surface area contributed by atoms with E-state index in [4.69, 9.17) is 9.26 Å². The van der Waals surface area contributed by atoms with Crippen LogP contribution in [0.15, 0.2) is 10.7 Å². The molecule has 0 aliphatic carbocycles. The highest BCUT2D eigenvalue weighted by Crippen LogP contribution is 2.28. The molecule has 1 unspecified atom stereocenters. The molecule has 2 aliphatic heterocycles. The molecule has 3 heterocycles. The number of hydrogen-bond acceptors (Lipinski definition) is 5. The maximum atomic E-state index is 13.2. The summed E-state index contributed by atoms with van der Waals surface area (Å²) in [6.45, 7) is 4.29. The maximum Gasteiger partial charge on any atom is 0.253 e. The van der Waals surface area contributed by atoms with E-state index in [1.165, 1.54) is 4.90 Å². The van der Waals surface area contributed by atoms with Gasteiger partial charge in [0.2, 0.25) is 0 Å². The van der Waals surface area contributed by atoms with Gasteiger partial charge in [-0.1, -0.05) is 5.16 Å². The number of carbonyl (C=O) groups is 1. The van der Waals surface area contributed by atoms with Gasteiger partial charge >= 0.3 is 0 Å². The zero-order valence-corrected chi connectivity index (χ0v) is 13.1. The highest BCUT2D eigenvalue weighted by Gasteiger charge is 2.38. The molecule has 2 aliphatic rings. The molecule has 3 rings (SSSR count). The lowest BCUT2D eigenvalue weighted by Gasteiger charge is -2.37. The van der Waals surface area contributed by atoms with Crippen molar-refractivity contribution in [2.45, 2.75) is 38.3 Å². The van der Waals surface area contributed by atoms with Crippen LogP contribution >= 0.6 is 0 Å². The molecule has 0 saturated carbocycles. The highest BCUT2D eigenvalue weighted by atomic mass is 19.3. The quantitative estimate of drug-likeness (QED) is 0.840. The van der Waals surface area contributed by atoms with E-state index in [2.05, 4.69) is 10.1 Å². The van der Waals surface area contributed by atoms with Crippen LogP contribution in [-0.2, 0) is 16.1 Å². The zero-order chi connectivity index (χ0) is 16.4. The first-order valence-corrected chi connectivity index (χ1v) is 7.85. The summed E-state index contributed by atoms with van der Waals surface area (Å²) in [5.41, 5.74) is 0.982. The monoisotopic (exact) mass is 329 g/mol. The molecule has 1 aromatic heterocycles. The second-order valence-electron chi connectivity index (χ2n) is 6.18. The average Bonchev–Trinajstić information content (AvgIpc) is 2.92. The molecular weight excluding hydrogens is 308 g/mol. The first-order chi connectivity index (χ1) is 10.9. The lowest BCUT2D eigenvalue weighted by atomic mass is 10.1. The van der Waals surface area contributed by atoms with Crippen LogP contribution in [0.4, 0.5) is 8.78 Å². The third-order valence-electron chi connectivity index (χ3n) is 4.48. The van der Waals surface area contributed by atoms with Gasteiger partial charge < -0.3 is 14.2 Å². The predicted molar refractivity (Wildman–Crippen MR) is 77.0 cm³/mol. The number of carbonyl (C=O) groups excluding carboxylic acids is 1. The van der Waals surface area contributed by atoms with Crippen molar-refractivity contribution in [3.63, 3.8) is 0 Å². The number of hydrogen-bond donors (Lipinski definition) is 0. The van der Waals surface area contributed by atoms with Gasteiger partial charge in [0.05, 0.1) is 12.8 Å². The average molecular weight is 329 g/mol. The summed E-state index contributed by atoms with van der Waals surface area (Å²) < 4.78 is 37.0. The van der Waals surface area contributed by atoms with E-state index in [1.54, 1.807) is 6.20 Å². The molecule has 6 nitrogen and oxygen atoms in total. The minimum atomic E-state index is -2.65. The maximum absolute atomic E-state index is 13.2. The molecule has 1 atom stereocenters. The Morgan fingerprint density at radius 1 is 1.39 bits per heavy atom. The van der Waals surface area contributed by atoms with Crippen LogP contribution < -0.4 is 0 Å². The topological polar surface area (TPSA) is 58.8 Å². The molecule has 1 aromatic rings. The smallest absolute Gasteiger partial charge is 0.253 e. The van der Waals surface area contributed by atoms with Crippen molar-refractivity contribution < 1.29 is 22.8 Å². The number of aryl methyl sites for hydroxylation is 1. The minimum absolute atomic E-state index is 0.0937. The first kappa shape index (κ1) is 16.3. The molecule has 0 bridgehead atoms. The minimum Gasteiger partial charge on any atom is -0.366 e. The van der Waals surface area contributed by atoms with Crippen molar-refractivity contribution >= 4 is 5.91 Å². The second kappa shape index (κ2) is 6.52. The van der Waals surface area contributed by atoms with Crippen LogP contribution in [0.5, 0.6) is 0 Å². The van der Waals surface area contributed by atoms with Crippen LogP contribution in [0.2, 0.25) is 0 Å². The number of nitrogens with zero attached hydrogens (tertiary/aromatic N) is 3. The Bertz CT molecular complexity index is 554. The van der Waals surface area contributed by atoms with Crippen molar-refractivity contribution in [2.24, 2.45) is 0 Å². The molecule has 2 saturated heterocycles. The van der Waals surface area contributed by atoms with Gasteiger partial charge in [0.1, 0.15) is 11.9 Å². The van der Waals surface area contributed by atoms with Gasteiger partial charge in [0.15, 0.2) is 0 Å². The Hall–Kier alpha value is -1.54. The predicted octanol–water partition coefficient (Wildman–Crippen LogP) is 1.44. The number of morpholine rings is 1. The standard InChI is InChI=1S/C15H21F2N3O3/c1-11-12(8-18-23-11)9-19-6-7-22-13(10-19)14(21)20-4-2-15(16,17)3-5-20/h8,13H,2-7,9-10H2,1H3. The van der Waals surface area contributed by atoms with E-state index < -0.39 is 12.0 Å². The van der Waals surface area contributed by atoms with E-state index >= 15 is 0 Å². The number of alkyl halides is 2. The number of rotatable bonds is 3. The summed E-state index contributed by atoms with van der Waals surface area (Å²) in [5.74, 6) is -2.08. The Kier molecular flexibility index (Phi) is 4.63. The van der Waals surface area contributed by atoms with E-state index in [1.807, 2.05) is 6.92 Å². The summed E-state index contributed by atoms with van der Waals surface area (Å²) in [6.07, 6.45) is 0.550. The third-order valence-corrected chi connectivity index (χ3v) is 4.48. The lowest BCUT2D eigenvalue weighted by molar-refractivity contribution is -0.155. The molecule has 0 spiro atoms. The molecule has 0 N–H and O–H groups in total. The van der Waals surface area contributed by atoms with Crippen molar-refractivity contribution in [3.05, 3.63) is 17.5 Å². The van der Waals surface area contributed by atoms with Gasteiger partial charge in [-0.2, -0.15) is 0 Å². The molecule has 2 fully saturated rings. The molecule has 8 heteroatoms. The van der Waals surface area contributed by atoms with E-state index in [0.29, 0.717) is 26.2 Å². The number of aromatic nitrogens is 1. The summed E-state index contributed by atoms with van der Waals surface area (Å²) in [6, 6.07) is 0. The van der Waals surface area contributed by atoms with Crippen molar-refractivity contribution in [3.8, 4) is 0 Å². The van der Waals surface area contributed by atoms with Gasteiger partial charge in [0.25, 0.3) is 11.8 Å². The Morgan fingerprint density at radius 2 is 2.13 bits per heavy atom. The number of piperidine rings is 1. The van der Waals surface area contributed by atoms with E-state index in [0.717, 1.165) is 11.3 Å². The molecule has 128 valence electrons. The van der Waals surface area contributed by atoms with Crippen molar-refractivity contribution in [2.75, 3.05) is 32.8 Å². The van der Waals surface area contributed by atoms with Gasteiger partial charge in [0, 0.05) is 51.1 Å². The molecular formula is C15H21F2N3O3. The fraction of sp³-hybridized carbons (Fsp3) is 0.733. The Balaban J connectivity index is 1.56. The summed E-state index contributed by atoms with van der Waals surface area (Å²) in [4.78, 5) is 16.1. The number of halogens is 2. The summed E-state index contributed by atoms with van der Waals surface area (Å²) in [5, 5.41) is 3.75. The summed E-state index contributed by atoms with van der Waals surface area (Å²) in [7, 11) is 0. The number of ether oxygens (including phenoxy) is 1. The number of amides is 1. The summed E-state index contributed by atoms with van der Waals surface area (Å²) >= 11 is 0. The van der Waals surface area contributed by atoms with Crippen LogP contribution in [0.1, 0.15) is 24.2 Å². The van der Waals surface area contributed by atoms with E-state index in [9.17, 15) is 13.6 Å². The second-order valence-corrected chi connectivity index (χ2v) is 6.18. The molecule has 0 radical (unpaired) electrons. The highest BCUT2D eigenvalue weighted by molar-refractivity contribution is 5.81. The van der Waals surface area contributed by atoms with Crippen LogP contribution in [0.3, 0.4) is 0 Å². The lowest BCUT2D eigenvalue weighted by Crippen LogP contribution is -2.53. The molecule has 23 heavy (non-hydrogen) atoms. The Morgan fingerprint density at radius 3 is 2.78 bits per heavy atom. The largest absolute Gasteiger partial charge is 0.366 e. The van der Waals surface area contributed by atoms with Crippen molar-refractivity contribution in [1.82, 2.24) is 15.0 Å². The fourth-order valence-corrected chi connectivity index (χ4v) is 2.97. The van der Waals surface area contributed by atoms with Gasteiger partial charge in [-0.3, -0.25) is 9.69 Å². The fourth-order valence-electron chi connectivity index (χ4n) is 2.97. The van der Waals surface area contributed by atoms with Crippen LogP contribution in [0, 0.1) is 6.92 Å².